The van der Waals surface area contributed by atoms with Crippen LogP contribution in [0.25, 0.3) is 0 Å². The van der Waals surface area contributed by atoms with Gasteiger partial charge in [0.2, 0.25) is 11.9 Å². The monoisotopic (exact) mass is 546 g/mol. The van der Waals surface area contributed by atoms with E-state index in [-0.39, 0.29) is 24.0 Å². The predicted octanol–water partition coefficient (Wildman–Crippen LogP) is 4.44. The number of anilines is 3. The average molecular weight is 547 g/mol. The Balaban J connectivity index is 1.28. The van der Waals surface area contributed by atoms with E-state index >= 15 is 0 Å². The fourth-order valence-electron chi connectivity index (χ4n) is 5.23. The molecule has 5 rings (SSSR count). The number of alkyl halides is 3. The van der Waals surface area contributed by atoms with Crippen molar-refractivity contribution in [1.29, 1.82) is 0 Å². The number of benzene rings is 1. The van der Waals surface area contributed by atoms with E-state index < -0.39 is 11.7 Å². The summed E-state index contributed by atoms with van der Waals surface area (Å²) in [5.74, 6) is 0.648. The van der Waals surface area contributed by atoms with Gasteiger partial charge in [0, 0.05) is 56.8 Å². The average Bonchev–Trinajstić information content (AvgIpc) is 3.76. The minimum absolute atomic E-state index is 0.0208. The Bertz CT molecular complexity index is 1150. The van der Waals surface area contributed by atoms with E-state index in [4.69, 9.17) is 4.74 Å². The van der Waals surface area contributed by atoms with Crippen molar-refractivity contribution < 1.29 is 22.7 Å². The van der Waals surface area contributed by atoms with E-state index in [9.17, 15) is 18.0 Å². The molecule has 1 saturated carbocycles. The molecule has 0 atom stereocenters. The van der Waals surface area contributed by atoms with Crippen LogP contribution in [0.3, 0.4) is 0 Å². The van der Waals surface area contributed by atoms with E-state index in [0.29, 0.717) is 51.5 Å². The smallest absolute Gasteiger partial charge is 0.379 e. The minimum atomic E-state index is -4.53. The lowest BCUT2D eigenvalue weighted by atomic mass is 10.1. The lowest BCUT2D eigenvalue weighted by molar-refractivity contribution is -0.138. The number of aryl methyl sites for hydroxylation is 1. The Kier molecular flexibility index (Phi) is 8.56. The summed E-state index contributed by atoms with van der Waals surface area (Å²) in [5, 5.41) is 3.22. The molecular weight excluding hydrogens is 509 g/mol. The van der Waals surface area contributed by atoms with Crippen molar-refractivity contribution in [3.8, 4) is 0 Å². The van der Waals surface area contributed by atoms with Gasteiger partial charge in [-0.3, -0.25) is 4.79 Å². The molecule has 1 aromatic heterocycles. The van der Waals surface area contributed by atoms with Crippen LogP contribution in [0.15, 0.2) is 24.4 Å². The standard InChI is InChI=1S/C28H37F3N6O2/c1-35-11-13-36(14-12-35)21-7-8-24(22(18-21)20-5-6-20)33-27-32-19-23(28(29,30)31)25(34-27)4-2-3-10-37-15-17-39-16-9-26(37)38/h7-8,18-20H,2-6,9-17H2,1H3,(H,32,33,34). The number of likely N-dealkylation sites (N-methyl/N-ethyl adjacent to an activating group) is 1. The summed E-state index contributed by atoms with van der Waals surface area (Å²) < 4.78 is 46.6. The Morgan fingerprint density at radius 2 is 1.87 bits per heavy atom. The molecule has 0 unspecified atom stereocenters. The zero-order chi connectivity index (χ0) is 27.4. The zero-order valence-corrected chi connectivity index (χ0v) is 22.5. The highest BCUT2D eigenvalue weighted by Crippen LogP contribution is 2.45. The molecule has 3 aliphatic rings. The zero-order valence-electron chi connectivity index (χ0n) is 22.5. The van der Waals surface area contributed by atoms with Crippen molar-refractivity contribution in [2.75, 3.05) is 69.7 Å². The Morgan fingerprint density at radius 3 is 2.62 bits per heavy atom. The Hall–Kier alpha value is -2.92. The molecule has 39 heavy (non-hydrogen) atoms. The number of amides is 1. The number of halogens is 3. The molecule has 3 heterocycles. The fourth-order valence-corrected chi connectivity index (χ4v) is 5.23. The van der Waals surface area contributed by atoms with Crippen molar-refractivity contribution in [2.45, 2.75) is 50.6 Å². The van der Waals surface area contributed by atoms with Crippen molar-refractivity contribution in [3.05, 3.63) is 41.2 Å². The molecule has 2 saturated heterocycles. The number of aromatic nitrogens is 2. The molecule has 0 spiro atoms. The molecule has 8 nitrogen and oxygen atoms in total. The summed E-state index contributed by atoms with van der Waals surface area (Å²) in [6, 6.07) is 6.29. The molecule has 11 heteroatoms. The lowest BCUT2D eigenvalue weighted by Gasteiger charge is -2.34. The second kappa shape index (κ2) is 12.1. The van der Waals surface area contributed by atoms with Crippen LogP contribution in [-0.2, 0) is 22.1 Å². The molecule has 3 fully saturated rings. The van der Waals surface area contributed by atoms with Crippen molar-refractivity contribution >= 4 is 23.2 Å². The summed E-state index contributed by atoms with van der Waals surface area (Å²) in [4.78, 5) is 27.0. The molecule has 2 aromatic rings. The molecule has 2 aliphatic heterocycles. The summed E-state index contributed by atoms with van der Waals surface area (Å²) >= 11 is 0. The number of carbonyl (C=O) groups excluding carboxylic acids is 1. The second-order valence-electron chi connectivity index (χ2n) is 10.7. The van der Waals surface area contributed by atoms with Crippen LogP contribution >= 0.6 is 0 Å². The highest BCUT2D eigenvalue weighted by molar-refractivity contribution is 5.76. The Labute approximate surface area is 227 Å². The van der Waals surface area contributed by atoms with Crippen molar-refractivity contribution in [1.82, 2.24) is 19.8 Å². The lowest BCUT2D eigenvalue weighted by Crippen LogP contribution is -2.44. The summed E-state index contributed by atoms with van der Waals surface area (Å²) in [6.45, 7) is 5.91. The largest absolute Gasteiger partial charge is 0.419 e. The van der Waals surface area contributed by atoms with E-state index in [1.165, 1.54) is 11.3 Å². The quantitative estimate of drug-likeness (QED) is 0.466. The van der Waals surface area contributed by atoms with Gasteiger partial charge in [-0.1, -0.05) is 0 Å². The molecule has 0 bridgehead atoms. The number of unbranched alkanes of at least 4 members (excludes halogenated alkanes) is 1. The van der Waals surface area contributed by atoms with Gasteiger partial charge >= 0.3 is 6.18 Å². The van der Waals surface area contributed by atoms with Crippen molar-refractivity contribution in [3.63, 3.8) is 0 Å². The van der Waals surface area contributed by atoms with Crippen LogP contribution in [-0.4, -0.2) is 85.2 Å². The topological polar surface area (TPSA) is 73.8 Å². The van der Waals surface area contributed by atoms with Gasteiger partial charge in [-0.15, -0.1) is 0 Å². The minimum Gasteiger partial charge on any atom is -0.379 e. The van der Waals surface area contributed by atoms with Crippen LogP contribution in [0.1, 0.15) is 54.8 Å². The van der Waals surface area contributed by atoms with Gasteiger partial charge in [0.25, 0.3) is 0 Å². The number of nitrogens with one attached hydrogen (secondary N) is 1. The van der Waals surface area contributed by atoms with Gasteiger partial charge in [0.1, 0.15) is 0 Å². The van der Waals surface area contributed by atoms with Gasteiger partial charge in [-0.2, -0.15) is 13.2 Å². The van der Waals surface area contributed by atoms with Crippen molar-refractivity contribution in [2.24, 2.45) is 0 Å². The summed E-state index contributed by atoms with van der Waals surface area (Å²) in [6.07, 6.45) is 0.135. The van der Waals surface area contributed by atoms with E-state index in [1.807, 2.05) is 6.07 Å². The van der Waals surface area contributed by atoms with Gasteiger partial charge < -0.3 is 24.8 Å². The number of nitrogens with zero attached hydrogens (tertiary/aromatic N) is 5. The highest BCUT2D eigenvalue weighted by atomic mass is 19.4. The highest BCUT2D eigenvalue weighted by Gasteiger charge is 2.35. The number of hydrogen-bond donors (Lipinski definition) is 1. The van der Waals surface area contributed by atoms with Crippen LogP contribution in [0.4, 0.5) is 30.5 Å². The van der Waals surface area contributed by atoms with Gasteiger partial charge in [0.05, 0.1) is 30.9 Å². The van der Waals surface area contributed by atoms with Crippen LogP contribution in [0, 0.1) is 0 Å². The third kappa shape index (κ3) is 7.19. The van der Waals surface area contributed by atoms with Crippen LogP contribution in [0.5, 0.6) is 0 Å². The normalized spacial score (nSPS) is 19.3. The first-order valence-corrected chi connectivity index (χ1v) is 13.9. The fraction of sp³-hybridized carbons (Fsp3) is 0.607. The molecule has 1 N–H and O–H groups in total. The van der Waals surface area contributed by atoms with Crippen LogP contribution in [0.2, 0.25) is 0 Å². The third-order valence-corrected chi connectivity index (χ3v) is 7.75. The van der Waals surface area contributed by atoms with Crippen LogP contribution < -0.4 is 10.2 Å². The van der Waals surface area contributed by atoms with Gasteiger partial charge in [-0.05, 0) is 68.8 Å². The van der Waals surface area contributed by atoms with E-state index in [1.54, 1.807) is 4.90 Å². The first kappa shape index (κ1) is 27.6. The Morgan fingerprint density at radius 1 is 1.08 bits per heavy atom. The summed E-state index contributed by atoms with van der Waals surface area (Å²) in [7, 11) is 2.13. The number of rotatable bonds is 9. The van der Waals surface area contributed by atoms with Gasteiger partial charge in [-0.25, -0.2) is 9.97 Å². The third-order valence-electron chi connectivity index (χ3n) is 7.75. The number of ether oxygens (including phenoxy) is 1. The first-order valence-electron chi connectivity index (χ1n) is 13.9. The molecule has 1 aliphatic carbocycles. The van der Waals surface area contributed by atoms with E-state index in [0.717, 1.165) is 50.9 Å². The molecule has 1 aromatic carbocycles. The molecular formula is C28H37F3N6O2. The maximum absolute atomic E-state index is 13.8. The number of piperazine rings is 1. The number of carbonyl (C=O) groups is 1. The predicted molar refractivity (Wildman–Crippen MR) is 143 cm³/mol. The molecule has 1 amide bonds. The summed E-state index contributed by atoms with van der Waals surface area (Å²) in [5.41, 5.74) is 2.37. The maximum atomic E-state index is 13.8. The maximum Gasteiger partial charge on any atom is 0.419 e. The van der Waals surface area contributed by atoms with Gasteiger partial charge in [0.15, 0.2) is 0 Å². The van der Waals surface area contributed by atoms with E-state index in [2.05, 4.69) is 44.3 Å². The second-order valence-corrected chi connectivity index (χ2v) is 10.7. The SMILES string of the molecule is CN1CCN(c2ccc(Nc3ncc(C(F)(F)F)c(CCCCN4CCOCCC4=O)n3)c(C3CC3)c2)CC1. The molecule has 212 valence electrons. The number of hydrogen-bond acceptors (Lipinski definition) is 7. The first-order chi connectivity index (χ1) is 18.8. The molecule has 0 radical (unpaired) electrons.